The summed E-state index contributed by atoms with van der Waals surface area (Å²) >= 11 is 0. The number of aryl methyl sites for hydroxylation is 1. The van der Waals surface area contributed by atoms with E-state index < -0.39 is 0 Å². The van der Waals surface area contributed by atoms with Gasteiger partial charge in [-0.1, -0.05) is 24.3 Å². The lowest BCUT2D eigenvalue weighted by Gasteiger charge is -2.21. The molecule has 3 N–H and O–H groups in total. The Morgan fingerprint density at radius 1 is 1.12 bits per heavy atom. The Hall–Kier alpha value is -4.13. The Bertz CT molecular complexity index is 1380. The van der Waals surface area contributed by atoms with Crippen LogP contribution in [0.1, 0.15) is 30.5 Å². The molecule has 7 heteroatoms. The normalized spacial score (nSPS) is 13.6. The number of hydrogen-bond acceptors (Lipinski definition) is 3. The minimum atomic E-state index is -0.289. The molecule has 34 heavy (non-hydrogen) atoms. The number of H-pyrrole nitrogens is 1. The van der Waals surface area contributed by atoms with E-state index in [0.717, 1.165) is 33.3 Å². The molecule has 172 valence electrons. The molecule has 1 aliphatic rings. The molecular formula is C27H24FN3O3. The van der Waals surface area contributed by atoms with Crippen molar-refractivity contribution in [2.24, 2.45) is 0 Å². The highest BCUT2D eigenvalue weighted by Gasteiger charge is 2.19. The summed E-state index contributed by atoms with van der Waals surface area (Å²) in [5.41, 5.74) is 5.25. The van der Waals surface area contributed by atoms with Gasteiger partial charge in [0.1, 0.15) is 11.6 Å². The molecule has 0 saturated carbocycles. The number of halogens is 1. The third kappa shape index (κ3) is 4.37. The fraction of sp³-hybridized carbons (Fsp3) is 0.185. The summed E-state index contributed by atoms with van der Waals surface area (Å²) < 4.78 is 18.8. The molecule has 0 aliphatic carbocycles. The largest absolute Gasteiger partial charge is 0.482 e. The Morgan fingerprint density at radius 3 is 2.74 bits per heavy atom. The van der Waals surface area contributed by atoms with Crippen molar-refractivity contribution in [2.75, 3.05) is 11.9 Å². The average Bonchev–Trinajstić information content (AvgIpc) is 3.21. The zero-order valence-electron chi connectivity index (χ0n) is 18.7. The van der Waals surface area contributed by atoms with E-state index >= 15 is 0 Å². The summed E-state index contributed by atoms with van der Waals surface area (Å²) in [5, 5.41) is 6.88. The number of carbonyl (C=O) groups is 2. The predicted octanol–water partition coefficient (Wildman–Crippen LogP) is 5.11. The van der Waals surface area contributed by atoms with Crippen molar-refractivity contribution >= 4 is 28.4 Å². The molecule has 1 aliphatic heterocycles. The summed E-state index contributed by atoms with van der Waals surface area (Å²) in [6.07, 6.45) is 0.828. The van der Waals surface area contributed by atoms with E-state index in [1.165, 1.54) is 12.1 Å². The standard InChI is InChI=1S/C27H24FN3O3/c1-16(18-8-12-24-23(14-18)30-26(33)15-34-24)29-25(32)13-11-21-20-4-2-3-5-22(20)31-27(21)17-6-9-19(28)10-7-17/h2-10,12,14,16,31H,11,13,15H2,1H3,(H,29,32)(H,30,33). The molecule has 1 unspecified atom stereocenters. The van der Waals surface area contributed by atoms with Crippen molar-refractivity contribution in [1.29, 1.82) is 0 Å². The van der Waals surface area contributed by atoms with Crippen LogP contribution in [-0.2, 0) is 16.0 Å². The highest BCUT2D eigenvalue weighted by atomic mass is 19.1. The first-order valence-corrected chi connectivity index (χ1v) is 11.2. The number of aromatic amines is 1. The molecule has 2 amide bonds. The van der Waals surface area contributed by atoms with Gasteiger partial charge >= 0.3 is 0 Å². The lowest BCUT2D eigenvalue weighted by Crippen LogP contribution is -2.28. The number of ether oxygens (including phenoxy) is 1. The topological polar surface area (TPSA) is 83.2 Å². The Kier molecular flexibility index (Phi) is 5.76. The van der Waals surface area contributed by atoms with Crippen molar-refractivity contribution in [3.8, 4) is 17.0 Å². The van der Waals surface area contributed by atoms with E-state index in [-0.39, 0.29) is 30.3 Å². The number of fused-ring (bicyclic) bond motifs is 2. The van der Waals surface area contributed by atoms with Gasteiger partial charge in [-0.25, -0.2) is 4.39 Å². The van der Waals surface area contributed by atoms with Crippen LogP contribution in [0.5, 0.6) is 5.75 Å². The minimum Gasteiger partial charge on any atom is -0.482 e. The molecule has 0 fully saturated rings. The number of hydrogen-bond donors (Lipinski definition) is 3. The van der Waals surface area contributed by atoms with Crippen molar-refractivity contribution in [1.82, 2.24) is 10.3 Å². The van der Waals surface area contributed by atoms with Crippen LogP contribution < -0.4 is 15.4 Å². The van der Waals surface area contributed by atoms with Crippen LogP contribution >= 0.6 is 0 Å². The smallest absolute Gasteiger partial charge is 0.262 e. The van der Waals surface area contributed by atoms with Crippen LogP contribution in [-0.4, -0.2) is 23.4 Å². The maximum absolute atomic E-state index is 13.4. The molecule has 0 saturated heterocycles. The zero-order valence-corrected chi connectivity index (χ0v) is 18.7. The number of nitrogens with one attached hydrogen (secondary N) is 3. The third-order valence-corrected chi connectivity index (χ3v) is 6.06. The maximum atomic E-state index is 13.4. The van der Waals surface area contributed by atoms with Crippen LogP contribution in [0.3, 0.4) is 0 Å². The molecule has 0 bridgehead atoms. The average molecular weight is 458 g/mol. The van der Waals surface area contributed by atoms with Crippen LogP contribution in [0.4, 0.5) is 10.1 Å². The predicted molar refractivity (Wildman–Crippen MR) is 129 cm³/mol. The minimum absolute atomic E-state index is 0.00633. The van der Waals surface area contributed by atoms with E-state index in [0.29, 0.717) is 24.3 Å². The third-order valence-electron chi connectivity index (χ3n) is 6.06. The molecule has 0 spiro atoms. The first-order chi connectivity index (χ1) is 16.5. The fourth-order valence-corrected chi connectivity index (χ4v) is 4.33. The van der Waals surface area contributed by atoms with E-state index in [4.69, 9.17) is 4.74 Å². The van der Waals surface area contributed by atoms with Gasteiger partial charge in [0, 0.05) is 23.0 Å². The van der Waals surface area contributed by atoms with Gasteiger partial charge in [-0.3, -0.25) is 9.59 Å². The first-order valence-electron chi connectivity index (χ1n) is 11.2. The molecule has 4 aromatic rings. The Morgan fingerprint density at radius 2 is 1.91 bits per heavy atom. The number of para-hydroxylation sites is 1. The van der Waals surface area contributed by atoms with E-state index in [1.54, 1.807) is 18.2 Å². The molecule has 6 nitrogen and oxygen atoms in total. The van der Waals surface area contributed by atoms with Gasteiger partial charge in [0.25, 0.3) is 5.91 Å². The summed E-state index contributed by atoms with van der Waals surface area (Å²) in [7, 11) is 0. The molecule has 1 atom stereocenters. The molecule has 2 heterocycles. The van der Waals surface area contributed by atoms with E-state index in [2.05, 4.69) is 15.6 Å². The molecule has 0 radical (unpaired) electrons. The van der Waals surface area contributed by atoms with Gasteiger partial charge in [-0.2, -0.15) is 0 Å². The van der Waals surface area contributed by atoms with Crippen LogP contribution in [0.2, 0.25) is 0 Å². The number of benzene rings is 3. The van der Waals surface area contributed by atoms with Crippen molar-refractivity contribution in [3.63, 3.8) is 0 Å². The van der Waals surface area contributed by atoms with Crippen LogP contribution in [0, 0.1) is 5.82 Å². The summed E-state index contributed by atoms with van der Waals surface area (Å²) in [6, 6.07) is 19.6. The highest BCUT2D eigenvalue weighted by molar-refractivity contribution is 5.95. The highest BCUT2D eigenvalue weighted by Crippen LogP contribution is 2.32. The maximum Gasteiger partial charge on any atom is 0.262 e. The van der Waals surface area contributed by atoms with Crippen LogP contribution in [0.15, 0.2) is 66.7 Å². The number of rotatable bonds is 6. The van der Waals surface area contributed by atoms with Crippen molar-refractivity contribution < 1.29 is 18.7 Å². The van der Waals surface area contributed by atoms with E-state index in [1.807, 2.05) is 43.3 Å². The quantitative estimate of drug-likeness (QED) is 0.376. The van der Waals surface area contributed by atoms with E-state index in [9.17, 15) is 14.0 Å². The van der Waals surface area contributed by atoms with Crippen LogP contribution in [0.25, 0.3) is 22.2 Å². The number of carbonyl (C=O) groups excluding carboxylic acids is 2. The second-order valence-electron chi connectivity index (χ2n) is 8.41. The van der Waals surface area contributed by atoms with Crippen molar-refractivity contribution in [3.05, 3.63) is 83.7 Å². The van der Waals surface area contributed by atoms with Gasteiger partial charge in [-0.05, 0) is 72.5 Å². The van der Waals surface area contributed by atoms with Gasteiger partial charge < -0.3 is 20.4 Å². The fourth-order valence-electron chi connectivity index (χ4n) is 4.33. The van der Waals surface area contributed by atoms with Gasteiger partial charge in [0.05, 0.1) is 11.7 Å². The molecule has 5 rings (SSSR count). The Balaban J connectivity index is 1.31. The second kappa shape index (κ2) is 9.02. The summed E-state index contributed by atoms with van der Waals surface area (Å²) in [6.45, 7) is 1.91. The lowest BCUT2D eigenvalue weighted by atomic mass is 10.0. The zero-order chi connectivity index (χ0) is 23.7. The number of anilines is 1. The molecule has 1 aromatic heterocycles. The number of aromatic nitrogens is 1. The summed E-state index contributed by atoms with van der Waals surface area (Å²) in [5.74, 6) is 0.0514. The van der Waals surface area contributed by atoms with Gasteiger partial charge in [0.2, 0.25) is 5.91 Å². The monoisotopic (exact) mass is 457 g/mol. The lowest BCUT2D eigenvalue weighted by molar-refractivity contribution is -0.121. The first kappa shape index (κ1) is 21.7. The van der Waals surface area contributed by atoms with Crippen molar-refractivity contribution in [2.45, 2.75) is 25.8 Å². The summed E-state index contributed by atoms with van der Waals surface area (Å²) in [4.78, 5) is 27.8. The Labute approximate surface area is 196 Å². The van der Waals surface area contributed by atoms with Gasteiger partial charge in [-0.15, -0.1) is 0 Å². The number of amides is 2. The SMILES string of the molecule is CC(NC(=O)CCc1c(-c2ccc(F)cc2)[nH]c2ccccc12)c1ccc2c(c1)NC(=O)CO2. The van der Waals surface area contributed by atoms with Gasteiger partial charge in [0.15, 0.2) is 6.61 Å². The second-order valence-corrected chi connectivity index (χ2v) is 8.41. The molecular weight excluding hydrogens is 433 g/mol. The molecule has 3 aromatic carbocycles.